The van der Waals surface area contributed by atoms with Crippen molar-refractivity contribution in [2.24, 2.45) is 11.3 Å². The summed E-state index contributed by atoms with van der Waals surface area (Å²) in [4.78, 5) is 25.7. The van der Waals surface area contributed by atoms with Crippen molar-refractivity contribution in [3.63, 3.8) is 0 Å². The summed E-state index contributed by atoms with van der Waals surface area (Å²) in [7, 11) is 0. The van der Waals surface area contributed by atoms with Crippen molar-refractivity contribution in [2.45, 2.75) is 59.5 Å². The largest absolute Gasteiger partial charge is 0.465 e. The van der Waals surface area contributed by atoms with Crippen LogP contribution in [0, 0.1) is 11.3 Å². The Kier molecular flexibility index (Phi) is 8.85. The maximum Gasteiger partial charge on any atom is 0.323 e. The molecule has 1 aliphatic carbocycles. The van der Waals surface area contributed by atoms with Gasteiger partial charge in [0.2, 0.25) is 0 Å². The van der Waals surface area contributed by atoms with Gasteiger partial charge in [-0.15, -0.1) is 0 Å². The number of hydrogen-bond donors (Lipinski definition) is 1. The first-order valence-corrected chi connectivity index (χ1v) is 10.8. The van der Waals surface area contributed by atoms with Crippen LogP contribution in [0.2, 0.25) is 0 Å². The number of carbonyl (C=O) groups excluding carboxylic acids is 2. The number of benzene rings is 1. The zero-order valence-electron chi connectivity index (χ0n) is 18.5. The van der Waals surface area contributed by atoms with Crippen LogP contribution in [0.3, 0.4) is 0 Å². The van der Waals surface area contributed by atoms with Crippen LogP contribution in [0.5, 0.6) is 0 Å². The molecule has 1 saturated carbocycles. The van der Waals surface area contributed by atoms with Gasteiger partial charge in [-0.25, -0.2) is 0 Å². The highest BCUT2D eigenvalue weighted by Crippen LogP contribution is 2.49. The van der Waals surface area contributed by atoms with Crippen molar-refractivity contribution >= 4 is 11.9 Å². The van der Waals surface area contributed by atoms with Crippen LogP contribution in [-0.2, 0) is 19.1 Å². The highest BCUT2D eigenvalue weighted by Gasteiger charge is 2.55. The molecule has 2 rings (SSSR count). The molecule has 0 aliphatic heterocycles. The van der Waals surface area contributed by atoms with Crippen LogP contribution >= 0.6 is 0 Å². The van der Waals surface area contributed by atoms with Crippen molar-refractivity contribution in [3.05, 3.63) is 59.2 Å². The molecule has 1 aromatic carbocycles. The Morgan fingerprint density at radius 3 is 2.27 bits per heavy atom. The SMILES string of the molecule is CCOC(=O)C1(C(=O)OCC)C/C(=C(\C)CC)C(/C=C/CC(O)c2ccccc2)C1. The van der Waals surface area contributed by atoms with E-state index in [4.69, 9.17) is 9.47 Å². The minimum absolute atomic E-state index is 0.0678. The molecule has 2 atom stereocenters. The van der Waals surface area contributed by atoms with E-state index in [-0.39, 0.29) is 19.1 Å². The lowest BCUT2D eigenvalue weighted by molar-refractivity contribution is -0.171. The summed E-state index contributed by atoms with van der Waals surface area (Å²) in [5.41, 5.74) is 1.82. The molecule has 30 heavy (non-hydrogen) atoms. The number of allylic oxidation sites excluding steroid dienone is 3. The van der Waals surface area contributed by atoms with E-state index in [1.165, 1.54) is 5.57 Å². The second-order valence-corrected chi connectivity index (χ2v) is 7.76. The summed E-state index contributed by atoms with van der Waals surface area (Å²) >= 11 is 0. The molecule has 0 bridgehead atoms. The Balaban J connectivity index is 2.28. The summed E-state index contributed by atoms with van der Waals surface area (Å²) in [6.07, 6.45) is 5.32. The van der Waals surface area contributed by atoms with Crippen molar-refractivity contribution in [1.82, 2.24) is 0 Å². The minimum atomic E-state index is -1.30. The van der Waals surface area contributed by atoms with E-state index < -0.39 is 23.5 Å². The molecule has 1 fully saturated rings. The Morgan fingerprint density at radius 2 is 1.73 bits per heavy atom. The first-order valence-electron chi connectivity index (χ1n) is 10.8. The zero-order chi connectivity index (χ0) is 22.1. The van der Waals surface area contributed by atoms with Crippen LogP contribution in [0.15, 0.2) is 53.6 Å². The number of aliphatic hydroxyl groups is 1. The van der Waals surface area contributed by atoms with Gasteiger partial charge >= 0.3 is 11.9 Å². The lowest BCUT2D eigenvalue weighted by Gasteiger charge is -2.24. The number of carbonyl (C=O) groups is 2. The summed E-state index contributed by atoms with van der Waals surface area (Å²) in [5.74, 6) is -1.09. The molecule has 1 N–H and O–H groups in total. The maximum absolute atomic E-state index is 12.8. The smallest absolute Gasteiger partial charge is 0.323 e. The lowest BCUT2D eigenvalue weighted by Crippen LogP contribution is -2.40. The maximum atomic E-state index is 12.8. The Bertz CT molecular complexity index is 760. The van der Waals surface area contributed by atoms with Crippen molar-refractivity contribution in [3.8, 4) is 0 Å². The predicted molar refractivity (Wildman–Crippen MR) is 117 cm³/mol. The normalized spacial score (nSPS) is 20.8. The Morgan fingerprint density at radius 1 is 1.13 bits per heavy atom. The van der Waals surface area contributed by atoms with E-state index in [0.717, 1.165) is 17.6 Å². The molecule has 0 saturated heterocycles. The molecule has 0 radical (unpaired) electrons. The van der Waals surface area contributed by atoms with Gasteiger partial charge in [0.05, 0.1) is 19.3 Å². The van der Waals surface area contributed by atoms with Gasteiger partial charge in [-0.05, 0) is 57.9 Å². The number of ether oxygens (including phenoxy) is 2. The van der Waals surface area contributed by atoms with E-state index in [2.05, 4.69) is 6.92 Å². The Hall–Kier alpha value is -2.40. The van der Waals surface area contributed by atoms with Gasteiger partial charge in [0.15, 0.2) is 5.41 Å². The summed E-state index contributed by atoms with van der Waals surface area (Å²) < 4.78 is 10.6. The number of hydrogen-bond acceptors (Lipinski definition) is 5. The minimum Gasteiger partial charge on any atom is -0.465 e. The van der Waals surface area contributed by atoms with Crippen LogP contribution < -0.4 is 0 Å². The number of rotatable bonds is 9. The summed E-state index contributed by atoms with van der Waals surface area (Å²) in [6, 6.07) is 9.51. The number of aliphatic hydroxyl groups excluding tert-OH is 1. The third-order valence-corrected chi connectivity index (χ3v) is 5.83. The third kappa shape index (κ3) is 5.39. The van der Waals surface area contributed by atoms with Gasteiger partial charge in [-0.3, -0.25) is 9.59 Å². The van der Waals surface area contributed by atoms with E-state index in [1.807, 2.05) is 49.4 Å². The first kappa shape index (κ1) is 23.9. The second kappa shape index (κ2) is 11.1. The molecule has 0 spiro atoms. The average Bonchev–Trinajstić information content (AvgIpc) is 3.15. The van der Waals surface area contributed by atoms with Gasteiger partial charge in [-0.2, -0.15) is 0 Å². The van der Waals surface area contributed by atoms with Gasteiger partial charge in [0.25, 0.3) is 0 Å². The van der Waals surface area contributed by atoms with E-state index in [9.17, 15) is 14.7 Å². The fraction of sp³-hybridized carbons (Fsp3) is 0.520. The van der Waals surface area contributed by atoms with Crippen molar-refractivity contribution in [2.75, 3.05) is 13.2 Å². The summed E-state index contributed by atoms with van der Waals surface area (Å²) in [6.45, 7) is 8.02. The summed E-state index contributed by atoms with van der Waals surface area (Å²) in [5, 5.41) is 10.4. The molecule has 2 unspecified atom stereocenters. The Labute approximate surface area is 179 Å². The standard InChI is InChI=1S/C25H34O5/c1-5-18(4)21-17-25(23(27)29-6-2,24(28)30-7-3)16-20(21)14-11-15-22(26)19-12-9-8-10-13-19/h8-14,20,22,26H,5-7,15-17H2,1-4H3/b14-11+,21-18-. The molecule has 0 heterocycles. The average molecular weight is 415 g/mol. The van der Waals surface area contributed by atoms with Crippen LogP contribution in [0.25, 0.3) is 0 Å². The highest BCUT2D eigenvalue weighted by molar-refractivity contribution is 6.01. The van der Waals surface area contributed by atoms with Gasteiger partial charge in [0, 0.05) is 0 Å². The molecule has 0 aromatic heterocycles. The molecular weight excluding hydrogens is 380 g/mol. The van der Waals surface area contributed by atoms with Crippen LogP contribution in [-0.4, -0.2) is 30.3 Å². The molecule has 5 heteroatoms. The quantitative estimate of drug-likeness (QED) is 0.353. The van der Waals surface area contributed by atoms with Crippen LogP contribution in [0.1, 0.15) is 65.0 Å². The lowest BCUT2D eigenvalue weighted by atomic mass is 9.85. The van der Waals surface area contributed by atoms with Gasteiger partial charge < -0.3 is 14.6 Å². The monoisotopic (exact) mass is 414 g/mol. The van der Waals surface area contributed by atoms with Crippen LogP contribution in [0.4, 0.5) is 0 Å². The fourth-order valence-corrected chi connectivity index (χ4v) is 4.02. The molecule has 5 nitrogen and oxygen atoms in total. The first-order chi connectivity index (χ1) is 14.4. The molecular formula is C25H34O5. The topological polar surface area (TPSA) is 72.8 Å². The van der Waals surface area contributed by atoms with Gasteiger partial charge in [0.1, 0.15) is 0 Å². The third-order valence-electron chi connectivity index (χ3n) is 5.83. The zero-order valence-corrected chi connectivity index (χ0v) is 18.5. The van der Waals surface area contributed by atoms with Crippen molar-refractivity contribution < 1.29 is 24.2 Å². The predicted octanol–water partition coefficient (Wildman–Crippen LogP) is 4.92. The van der Waals surface area contributed by atoms with E-state index >= 15 is 0 Å². The highest BCUT2D eigenvalue weighted by atomic mass is 16.6. The molecule has 1 aliphatic rings. The van der Waals surface area contributed by atoms with Crippen molar-refractivity contribution in [1.29, 1.82) is 0 Å². The van der Waals surface area contributed by atoms with E-state index in [1.54, 1.807) is 13.8 Å². The molecule has 1 aromatic rings. The molecule has 164 valence electrons. The second-order valence-electron chi connectivity index (χ2n) is 7.76. The van der Waals surface area contributed by atoms with E-state index in [0.29, 0.717) is 19.3 Å². The van der Waals surface area contributed by atoms with Gasteiger partial charge in [-0.1, -0.05) is 60.6 Å². The number of esters is 2. The molecule has 0 amide bonds. The fourth-order valence-electron chi connectivity index (χ4n) is 4.02.